The normalized spacial score (nSPS) is 29.2. The van der Waals surface area contributed by atoms with Crippen molar-refractivity contribution < 1.29 is 4.39 Å². The Morgan fingerprint density at radius 3 is 3.11 bits per heavy atom. The number of piperidine rings is 1. The van der Waals surface area contributed by atoms with Gasteiger partial charge in [0.25, 0.3) is 0 Å². The lowest BCUT2D eigenvalue weighted by atomic mass is 9.88. The maximum absolute atomic E-state index is 13.5. The van der Waals surface area contributed by atoms with E-state index in [9.17, 15) is 4.39 Å². The Bertz CT molecular complexity index is 435. The molecule has 0 aliphatic carbocycles. The monoisotopic (exact) mass is 262 g/mol. The third-order valence-electron chi connectivity index (χ3n) is 4.74. The van der Waals surface area contributed by atoms with Crippen LogP contribution in [0.15, 0.2) is 24.3 Å². The molecule has 2 heterocycles. The number of hydrogen-bond donors (Lipinski definition) is 1. The molecule has 2 aliphatic rings. The van der Waals surface area contributed by atoms with Crippen LogP contribution in [0.25, 0.3) is 0 Å². The summed E-state index contributed by atoms with van der Waals surface area (Å²) in [4.78, 5) is 2.61. The maximum Gasteiger partial charge on any atom is 0.123 e. The SMILES string of the molecule is CCC(c1cccc(F)c1)N1CCCC2CNCC21. The minimum absolute atomic E-state index is 0.117. The zero-order valence-electron chi connectivity index (χ0n) is 11.6. The summed E-state index contributed by atoms with van der Waals surface area (Å²) in [6, 6.07) is 8.16. The molecular weight excluding hydrogens is 239 g/mol. The predicted octanol–water partition coefficient (Wildman–Crippen LogP) is 2.96. The Morgan fingerprint density at radius 2 is 2.32 bits per heavy atom. The van der Waals surface area contributed by atoms with Gasteiger partial charge in [-0.3, -0.25) is 4.90 Å². The first kappa shape index (κ1) is 13.1. The van der Waals surface area contributed by atoms with Crippen molar-refractivity contribution in [1.82, 2.24) is 10.2 Å². The van der Waals surface area contributed by atoms with Gasteiger partial charge in [-0.25, -0.2) is 4.39 Å². The van der Waals surface area contributed by atoms with Gasteiger partial charge < -0.3 is 5.32 Å². The van der Waals surface area contributed by atoms with Gasteiger partial charge in [-0.15, -0.1) is 0 Å². The van der Waals surface area contributed by atoms with Crippen molar-refractivity contribution in [2.45, 2.75) is 38.3 Å². The van der Waals surface area contributed by atoms with E-state index in [-0.39, 0.29) is 5.82 Å². The Hall–Kier alpha value is -0.930. The van der Waals surface area contributed by atoms with E-state index in [2.05, 4.69) is 23.2 Å². The molecule has 2 nitrogen and oxygen atoms in total. The molecule has 0 amide bonds. The van der Waals surface area contributed by atoms with Gasteiger partial charge in [0.05, 0.1) is 0 Å². The first-order chi connectivity index (χ1) is 9.29. The molecule has 3 rings (SSSR count). The molecule has 2 fully saturated rings. The van der Waals surface area contributed by atoms with Crippen molar-refractivity contribution in [3.8, 4) is 0 Å². The standard InChI is InChI=1S/C16H23FN2/c1-2-15(12-5-3-7-14(17)9-12)19-8-4-6-13-10-18-11-16(13)19/h3,5,7,9,13,15-16,18H,2,4,6,8,10-11H2,1H3. The van der Waals surface area contributed by atoms with Crippen molar-refractivity contribution in [3.63, 3.8) is 0 Å². The molecule has 0 aromatic heterocycles. The van der Waals surface area contributed by atoms with E-state index >= 15 is 0 Å². The first-order valence-corrected chi connectivity index (χ1v) is 7.51. The van der Waals surface area contributed by atoms with Gasteiger partial charge in [-0.1, -0.05) is 19.1 Å². The minimum atomic E-state index is -0.117. The molecule has 3 atom stereocenters. The molecule has 1 aromatic carbocycles. The number of hydrogen-bond acceptors (Lipinski definition) is 2. The largest absolute Gasteiger partial charge is 0.315 e. The van der Waals surface area contributed by atoms with Crippen molar-refractivity contribution in [2.24, 2.45) is 5.92 Å². The van der Waals surface area contributed by atoms with E-state index < -0.39 is 0 Å². The summed E-state index contributed by atoms with van der Waals surface area (Å²) in [5.74, 6) is 0.672. The highest BCUT2D eigenvalue weighted by Gasteiger charge is 2.38. The second kappa shape index (κ2) is 5.59. The Labute approximate surface area is 115 Å². The van der Waals surface area contributed by atoms with E-state index in [4.69, 9.17) is 0 Å². The van der Waals surface area contributed by atoms with E-state index in [0.29, 0.717) is 12.1 Å². The topological polar surface area (TPSA) is 15.3 Å². The molecular formula is C16H23FN2. The van der Waals surface area contributed by atoms with Crippen LogP contribution in [0.3, 0.4) is 0 Å². The van der Waals surface area contributed by atoms with Gasteiger partial charge in [0.15, 0.2) is 0 Å². The second-order valence-corrected chi connectivity index (χ2v) is 5.84. The van der Waals surface area contributed by atoms with Crippen LogP contribution in [0.2, 0.25) is 0 Å². The summed E-state index contributed by atoms with van der Waals surface area (Å²) in [7, 11) is 0. The third-order valence-corrected chi connectivity index (χ3v) is 4.74. The van der Waals surface area contributed by atoms with Gasteiger partial charge in [0.2, 0.25) is 0 Å². The van der Waals surface area contributed by atoms with Gasteiger partial charge in [-0.05, 0) is 56.0 Å². The van der Waals surface area contributed by atoms with Crippen LogP contribution in [0.4, 0.5) is 4.39 Å². The molecule has 0 bridgehead atoms. The van der Waals surface area contributed by atoms with Gasteiger partial charge in [-0.2, -0.15) is 0 Å². The number of halogens is 1. The molecule has 19 heavy (non-hydrogen) atoms. The molecule has 1 aromatic rings. The summed E-state index contributed by atoms with van der Waals surface area (Å²) >= 11 is 0. The van der Waals surface area contributed by atoms with Crippen LogP contribution in [0, 0.1) is 11.7 Å². The number of likely N-dealkylation sites (tertiary alicyclic amines) is 1. The second-order valence-electron chi connectivity index (χ2n) is 5.84. The molecule has 0 spiro atoms. The summed E-state index contributed by atoms with van der Waals surface area (Å²) in [6.07, 6.45) is 3.66. The number of nitrogens with zero attached hydrogens (tertiary/aromatic N) is 1. The van der Waals surface area contributed by atoms with Crippen molar-refractivity contribution in [3.05, 3.63) is 35.6 Å². The molecule has 1 N–H and O–H groups in total. The van der Waals surface area contributed by atoms with Crippen LogP contribution in [0.1, 0.15) is 37.8 Å². The lowest BCUT2D eigenvalue weighted by molar-refractivity contribution is 0.0743. The molecule has 0 saturated carbocycles. The fraction of sp³-hybridized carbons (Fsp3) is 0.625. The molecule has 2 aliphatic heterocycles. The molecule has 3 heteroatoms. The van der Waals surface area contributed by atoms with Crippen LogP contribution >= 0.6 is 0 Å². The zero-order valence-corrected chi connectivity index (χ0v) is 11.6. The predicted molar refractivity (Wildman–Crippen MR) is 75.5 cm³/mol. The number of fused-ring (bicyclic) bond motifs is 1. The average molecular weight is 262 g/mol. The van der Waals surface area contributed by atoms with Crippen LogP contribution in [-0.2, 0) is 0 Å². The van der Waals surface area contributed by atoms with Crippen LogP contribution in [-0.4, -0.2) is 30.6 Å². The Morgan fingerprint density at radius 1 is 1.42 bits per heavy atom. The summed E-state index contributed by atoms with van der Waals surface area (Å²) in [6.45, 7) is 5.61. The zero-order chi connectivity index (χ0) is 13.2. The van der Waals surface area contributed by atoms with Gasteiger partial charge in [0, 0.05) is 18.6 Å². The van der Waals surface area contributed by atoms with Gasteiger partial charge in [0.1, 0.15) is 5.82 Å². The molecule has 104 valence electrons. The highest BCUT2D eigenvalue weighted by atomic mass is 19.1. The Balaban J connectivity index is 1.85. The summed E-state index contributed by atoms with van der Waals surface area (Å²) in [5.41, 5.74) is 1.13. The van der Waals surface area contributed by atoms with E-state index in [1.807, 2.05) is 6.07 Å². The average Bonchev–Trinajstić information content (AvgIpc) is 2.89. The maximum atomic E-state index is 13.5. The lowest BCUT2D eigenvalue weighted by Gasteiger charge is -2.42. The van der Waals surface area contributed by atoms with E-state index in [1.165, 1.54) is 18.9 Å². The fourth-order valence-corrected chi connectivity index (χ4v) is 3.87. The fourth-order valence-electron chi connectivity index (χ4n) is 3.87. The van der Waals surface area contributed by atoms with Crippen molar-refractivity contribution in [1.29, 1.82) is 0 Å². The minimum Gasteiger partial charge on any atom is -0.315 e. The highest BCUT2D eigenvalue weighted by molar-refractivity contribution is 5.21. The Kier molecular flexibility index (Phi) is 3.85. The number of benzene rings is 1. The van der Waals surface area contributed by atoms with Crippen molar-refractivity contribution >= 4 is 0 Å². The quantitative estimate of drug-likeness (QED) is 0.901. The van der Waals surface area contributed by atoms with E-state index in [1.54, 1.807) is 6.07 Å². The lowest BCUT2D eigenvalue weighted by Crippen LogP contribution is -2.46. The van der Waals surface area contributed by atoms with Gasteiger partial charge >= 0.3 is 0 Å². The number of rotatable bonds is 3. The smallest absolute Gasteiger partial charge is 0.123 e. The van der Waals surface area contributed by atoms with E-state index in [0.717, 1.165) is 37.5 Å². The molecule has 2 saturated heterocycles. The summed E-state index contributed by atoms with van der Waals surface area (Å²) < 4.78 is 13.5. The van der Waals surface area contributed by atoms with Crippen LogP contribution in [0.5, 0.6) is 0 Å². The molecule has 3 unspecified atom stereocenters. The summed E-state index contributed by atoms with van der Waals surface area (Å²) in [5, 5.41) is 3.52. The number of nitrogens with one attached hydrogen (secondary N) is 1. The first-order valence-electron chi connectivity index (χ1n) is 7.51. The molecule has 0 radical (unpaired) electrons. The third kappa shape index (κ3) is 2.54. The highest BCUT2D eigenvalue weighted by Crippen LogP contribution is 2.35. The van der Waals surface area contributed by atoms with Crippen LogP contribution < -0.4 is 5.32 Å². The van der Waals surface area contributed by atoms with Crippen molar-refractivity contribution in [2.75, 3.05) is 19.6 Å².